The van der Waals surface area contributed by atoms with Gasteiger partial charge in [-0.05, 0) is 44.0 Å². The lowest BCUT2D eigenvalue weighted by atomic mass is 10.1. The molecule has 0 fully saturated rings. The van der Waals surface area contributed by atoms with Crippen LogP contribution in [-0.4, -0.2) is 18.7 Å². The van der Waals surface area contributed by atoms with Gasteiger partial charge < -0.3 is 0 Å². The maximum Gasteiger partial charge on any atom is 0.351 e. The number of benzene rings is 1. The van der Waals surface area contributed by atoms with Crippen LogP contribution in [0.2, 0.25) is 0 Å². The van der Waals surface area contributed by atoms with Crippen molar-refractivity contribution in [2.45, 2.75) is 27.3 Å². The van der Waals surface area contributed by atoms with Gasteiger partial charge in [-0.1, -0.05) is 12.0 Å². The molecule has 0 spiro atoms. The Hall–Kier alpha value is -3.07. The van der Waals surface area contributed by atoms with Crippen LogP contribution in [0.5, 0.6) is 0 Å². The fraction of sp³-hybridized carbons (Fsp3) is 0.235. The lowest BCUT2D eigenvalue weighted by Gasteiger charge is -2.08. The number of fused-ring (bicyclic) bond motifs is 1. The molecule has 3 aromatic rings. The van der Waals surface area contributed by atoms with E-state index >= 15 is 0 Å². The molecule has 0 amide bonds. The van der Waals surface area contributed by atoms with Gasteiger partial charge in [0.25, 0.3) is 0 Å². The van der Waals surface area contributed by atoms with Crippen LogP contribution in [0.3, 0.4) is 0 Å². The Kier molecular flexibility index (Phi) is 3.62. The lowest BCUT2D eigenvalue weighted by molar-refractivity contribution is 0.684. The molecule has 0 aliphatic heterocycles. The SMILES string of the molecule is CC#CCn1nc2c(=O)n(-c3ccc(C)c(C)c3)ccn2c1=O. The molecule has 1 aromatic carbocycles. The molecule has 6 heteroatoms. The average Bonchev–Trinajstić information content (AvgIpc) is 2.86. The average molecular weight is 308 g/mol. The van der Waals surface area contributed by atoms with Gasteiger partial charge in [0.05, 0.1) is 0 Å². The van der Waals surface area contributed by atoms with Crippen LogP contribution in [0, 0.1) is 25.7 Å². The molecule has 3 rings (SSSR count). The minimum absolute atomic E-state index is 0.0913. The quantitative estimate of drug-likeness (QED) is 0.670. The third-order valence-electron chi connectivity index (χ3n) is 3.82. The zero-order valence-electron chi connectivity index (χ0n) is 13.2. The van der Waals surface area contributed by atoms with E-state index in [4.69, 9.17) is 0 Å². The standard InChI is InChI=1S/C17H16N4O2/c1-4-5-8-21-17(23)20-10-9-19(16(22)15(20)18-21)14-7-6-12(2)13(3)11-14/h6-7,9-11H,8H2,1-3H3. The van der Waals surface area contributed by atoms with Gasteiger partial charge in [0.15, 0.2) is 0 Å². The van der Waals surface area contributed by atoms with Crippen molar-refractivity contribution >= 4 is 5.65 Å². The van der Waals surface area contributed by atoms with Gasteiger partial charge in [-0.15, -0.1) is 11.0 Å². The molecule has 0 aliphatic rings. The van der Waals surface area contributed by atoms with Crippen LogP contribution in [0.4, 0.5) is 0 Å². The normalized spacial score (nSPS) is 10.6. The van der Waals surface area contributed by atoms with Gasteiger partial charge >= 0.3 is 11.2 Å². The van der Waals surface area contributed by atoms with E-state index in [-0.39, 0.29) is 23.4 Å². The minimum Gasteiger partial charge on any atom is -0.280 e. The molecule has 0 saturated carbocycles. The summed E-state index contributed by atoms with van der Waals surface area (Å²) in [4.78, 5) is 24.8. The van der Waals surface area contributed by atoms with Crippen molar-refractivity contribution in [3.8, 4) is 17.5 Å². The van der Waals surface area contributed by atoms with E-state index in [1.165, 1.54) is 13.6 Å². The Morgan fingerprint density at radius 3 is 2.61 bits per heavy atom. The fourth-order valence-electron chi connectivity index (χ4n) is 2.34. The summed E-state index contributed by atoms with van der Waals surface area (Å²) in [5.74, 6) is 5.48. The molecular formula is C17H16N4O2. The molecular weight excluding hydrogens is 292 g/mol. The van der Waals surface area contributed by atoms with Gasteiger partial charge in [0.1, 0.15) is 6.54 Å². The topological polar surface area (TPSA) is 61.3 Å². The van der Waals surface area contributed by atoms with Gasteiger partial charge in [-0.3, -0.25) is 9.36 Å². The molecule has 0 atom stereocenters. The highest BCUT2D eigenvalue weighted by atomic mass is 16.2. The first-order valence-corrected chi connectivity index (χ1v) is 7.21. The zero-order valence-corrected chi connectivity index (χ0v) is 13.2. The van der Waals surface area contributed by atoms with E-state index in [2.05, 4.69) is 16.9 Å². The number of hydrogen-bond donors (Lipinski definition) is 0. The van der Waals surface area contributed by atoms with Crippen molar-refractivity contribution in [2.24, 2.45) is 0 Å². The maximum absolute atomic E-state index is 12.7. The Morgan fingerprint density at radius 1 is 1.13 bits per heavy atom. The van der Waals surface area contributed by atoms with Gasteiger partial charge in [0.2, 0.25) is 5.65 Å². The molecule has 0 saturated heterocycles. The van der Waals surface area contributed by atoms with Crippen molar-refractivity contribution in [3.05, 3.63) is 62.6 Å². The molecule has 0 aliphatic carbocycles. The second-order valence-electron chi connectivity index (χ2n) is 5.30. The summed E-state index contributed by atoms with van der Waals surface area (Å²) in [6, 6.07) is 5.77. The molecule has 0 bridgehead atoms. The molecule has 2 heterocycles. The van der Waals surface area contributed by atoms with Crippen molar-refractivity contribution in [2.75, 3.05) is 0 Å². The first-order chi connectivity index (χ1) is 11.0. The third-order valence-corrected chi connectivity index (χ3v) is 3.82. The number of nitrogens with zero attached hydrogens (tertiary/aromatic N) is 4. The van der Waals surface area contributed by atoms with E-state index in [1.807, 2.05) is 32.0 Å². The Balaban J connectivity index is 2.22. The zero-order chi connectivity index (χ0) is 16.6. The molecule has 2 aromatic heterocycles. The predicted octanol–water partition coefficient (Wildman–Crippen LogP) is 1.29. The summed E-state index contributed by atoms with van der Waals surface area (Å²) >= 11 is 0. The monoisotopic (exact) mass is 308 g/mol. The van der Waals surface area contributed by atoms with E-state index in [1.54, 1.807) is 19.3 Å². The van der Waals surface area contributed by atoms with Crippen LogP contribution >= 0.6 is 0 Å². The highest BCUT2D eigenvalue weighted by molar-refractivity contribution is 5.43. The molecule has 116 valence electrons. The Morgan fingerprint density at radius 2 is 1.91 bits per heavy atom. The van der Waals surface area contributed by atoms with Crippen molar-refractivity contribution in [1.82, 2.24) is 18.7 Å². The van der Waals surface area contributed by atoms with Crippen molar-refractivity contribution in [1.29, 1.82) is 0 Å². The second kappa shape index (κ2) is 5.61. The highest BCUT2D eigenvalue weighted by Crippen LogP contribution is 2.12. The fourth-order valence-corrected chi connectivity index (χ4v) is 2.34. The van der Waals surface area contributed by atoms with E-state index in [0.29, 0.717) is 0 Å². The largest absolute Gasteiger partial charge is 0.351 e. The van der Waals surface area contributed by atoms with Crippen LogP contribution in [0.1, 0.15) is 18.1 Å². The van der Waals surface area contributed by atoms with E-state index in [9.17, 15) is 9.59 Å². The van der Waals surface area contributed by atoms with Crippen LogP contribution in [0.15, 0.2) is 40.2 Å². The summed E-state index contributed by atoms with van der Waals surface area (Å²) in [5, 5.41) is 4.11. The smallest absolute Gasteiger partial charge is 0.280 e. The maximum atomic E-state index is 12.7. The van der Waals surface area contributed by atoms with E-state index < -0.39 is 0 Å². The second-order valence-corrected chi connectivity index (χ2v) is 5.30. The van der Waals surface area contributed by atoms with Crippen molar-refractivity contribution < 1.29 is 0 Å². The molecule has 0 radical (unpaired) electrons. The highest BCUT2D eigenvalue weighted by Gasteiger charge is 2.12. The Labute approximate surface area is 132 Å². The first-order valence-electron chi connectivity index (χ1n) is 7.21. The molecule has 0 N–H and O–H groups in total. The summed E-state index contributed by atoms with van der Waals surface area (Å²) in [6.07, 6.45) is 3.13. The number of hydrogen-bond acceptors (Lipinski definition) is 3. The lowest BCUT2D eigenvalue weighted by Crippen LogP contribution is -2.24. The van der Waals surface area contributed by atoms with Crippen LogP contribution < -0.4 is 11.2 Å². The summed E-state index contributed by atoms with van der Waals surface area (Å²) in [7, 11) is 0. The van der Waals surface area contributed by atoms with Crippen LogP contribution in [0.25, 0.3) is 11.3 Å². The van der Waals surface area contributed by atoms with E-state index in [0.717, 1.165) is 16.8 Å². The summed E-state index contributed by atoms with van der Waals surface area (Å²) < 4.78 is 3.93. The minimum atomic E-state index is -0.368. The molecule has 23 heavy (non-hydrogen) atoms. The third kappa shape index (κ3) is 2.46. The van der Waals surface area contributed by atoms with Gasteiger partial charge in [-0.25, -0.2) is 13.9 Å². The molecule has 6 nitrogen and oxygen atoms in total. The Bertz CT molecular complexity index is 1070. The van der Waals surface area contributed by atoms with Crippen LogP contribution in [-0.2, 0) is 6.54 Å². The molecule has 0 unspecified atom stereocenters. The number of rotatable bonds is 2. The van der Waals surface area contributed by atoms with Crippen molar-refractivity contribution in [3.63, 3.8) is 0 Å². The van der Waals surface area contributed by atoms with Gasteiger partial charge in [0, 0.05) is 18.1 Å². The number of aryl methyl sites for hydroxylation is 2. The first kappa shape index (κ1) is 14.9. The van der Waals surface area contributed by atoms with Gasteiger partial charge in [-0.2, -0.15) is 0 Å². The predicted molar refractivity (Wildman–Crippen MR) is 88.0 cm³/mol. The number of aromatic nitrogens is 4. The summed E-state index contributed by atoms with van der Waals surface area (Å²) in [6.45, 7) is 5.86. The summed E-state index contributed by atoms with van der Waals surface area (Å²) in [5.41, 5.74) is 2.38.